The number of allylic oxidation sites excluding steroid dienone is 1. The normalized spacial score (nSPS) is 50.2. The smallest absolute Gasteiger partial charge is 0.312 e. The monoisotopic (exact) mass is 358 g/mol. The van der Waals surface area contributed by atoms with Crippen LogP contribution in [0.4, 0.5) is 0 Å². The molecule has 0 aromatic carbocycles. The van der Waals surface area contributed by atoms with Gasteiger partial charge >= 0.3 is 5.97 Å². The highest BCUT2D eigenvalue weighted by Gasteiger charge is 2.69. The first kappa shape index (κ1) is 18.3. The van der Waals surface area contributed by atoms with Crippen LogP contribution in [0.5, 0.6) is 0 Å². The first-order valence-electron chi connectivity index (χ1n) is 10.6. The van der Waals surface area contributed by atoms with E-state index in [1.807, 2.05) is 6.92 Å². The molecule has 0 N–H and O–H groups in total. The highest BCUT2D eigenvalue weighted by atomic mass is 16.5. The fraction of sp³-hybridized carbons (Fsp3) is 0.826. The van der Waals surface area contributed by atoms with Gasteiger partial charge in [-0.1, -0.05) is 26.8 Å². The van der Waals surface area contributed by atoms with Gasteiger partial charge in [-0.2, -0.15) is 0 Å². The number of rotatable bonds is 2. The van der Waals surface area contributed by atoms with Crippen molar-refractivity contribution in [3.8, 4) is 0 Å². The number of Topliss-reactive ketones (excluding diaryl/α,β-unsaturated/α-hetero) is 1. The highest BCUT2D eigenvalue weighted by Crippen LogP contribution is 2.74. The molecular weight excluding hydrogens is 324 g/mol. The number of carbonyl (C=O) groups is 2. The molecule has 4 aliphatic carbocycles. The average molecular weight is 359 g/mol. The zero-order valence-electron chi connectivity index (χ0n) is 17.0. The SMILES string of the molecule is C=C1C(=O)[C@@]2(C)CC[C@@H]3[C@]1(CC[C@H]1[C@@]3(C)CCC[C@@]1(C)C(=O)OCC)C2. The van der Waals surface area contributed by atoms with Crippen molar-refractivity contribution in [1.82, 2.24) is 0 Å². The minimum Gasteiger partial charge on any atom is -0.466 e. The van der Waals surface area contributed by atoms with Gasteiger partial charge in [-0.25, -0.2) is 0 Å². The standard InChI is InChI=1S/C23H34O3/c1-6-26-19(25)22(5)11-7-10-21(4)16(22)9-13-23-14-20(3,12-8-17(21)23)18(24)15(23)2/h16-17H,2,6-14H2,1,3-5H3/t16-,17-,20-,21+,22+,23+/m0/s1. The minimum atomic E-state index is -0.380. The molecule has 0 aliphatic heterocycles. The summed E-state index contributed by atoms with van der Waals surface area (Å²) in [5.41, 5.74) is 0.436. The number of esters is 1. The summed E-state index contributed by atoms with van der Waals surface area (Å²) >= 11 is 0. The van der Waals surface area contributed by atoms with Gasteiger partial charge in [-0.15, -0.1) is 0 Å². The molecule has 26 heavy (non-hydrogen) atoms. The molecule has 4 saturated carbocycles. The van der Waals surface area contributed by atoms with E-state index in [2.05, 4.69) is 27.4 Å². The average Bonchev–Trinajstić information content (AvgIpc) is 2.72. The number of fused-ring (bicyclic) bond motifs is 3. The number of hydrogen-bond acceptors (Lipinski definition) is 3. The number of carbonyl (C=O) groups excluding carboxylic acids is 2. The predicted octanol–water partition coefficient (Wildman–Crippen LogP) is 5.09. The van der Waals surface area contributed by atoms with Gasteiger partial charge in [0.2, 0.25) is 0 Å². The zero-order chi connectivity index (χ0) is 19.0. The first-order valence-corrected chi connectivity index (χ1v) is 10.6. The van der Waals surface area contributed by atoms with Crippen LogP contribution in [0, 0.1) is 33.5 Å². The molecule has 0 aromatic rings. The van der Waals surface area contributed by atoms with E-state index in [4.69, 9.17) is 4.74 Å². The van der Waals surface area contributed by atoms with Gasteiger partial charge in [0.25, 0.3) is 0 Å². The van der Waals surface area contributed by atoms with Gasteiger partial charge in [0.1, 0.15) is 0 Å². The van der Waals surface area contributed by atoms with E-state index < -0.39 is 0 Å². The van der Waals surface area contributed by atoms with Crippen LogP contribution in [0.3, 0.4) is 0 Å². The summed E-state index contributed by atoms with van der Waals surface area (Å²) in [6.45, 7) is 13.4. The molecule has 0 heterocycles. The third-order valence-corrected chi connectivity index (χ3v) is 9.17. The summed E-state index contributed by atoms with van der Waals surface area (Å²) in [5.74, 6) is 1.15. The molecule has 144 valence electrons. The lowest BCUT2D eigenvalue weighted by molar-refractivity contribution is -0.184. The molecule has 2 bridgehead atoms. The lowest BCUT2D eigenvalue weighted by Gasteiger charge is -2.63. The molecule has 3 heteroatoms. The fourth-order valence-corrected chi connectivity index (χ4v) is 8.04. The van der Waals surface area contributed by atoms with Crippen molar-refractivity contribution in [3.05, 3.63) is 12.2 Å². The van der Waals surface area contributed by atoms with Crippen molar-refractivity contribution in [3.63, 3.8) is 0 Å². The maximum Gasteiger partial charge on any atom is 0.312 e. The third-order valence-electron chi connectivity index (χ3n) is 9.17. The van der Waals surface area contributed by atoms with Crippen LogP contribution in [0.2, 0.25) is 0 Å². The van der Waals surface area contributed by atoms with Crippen molar-refractivity contribution < 1.29 is 14.3 Å². The largest absolute Gasteiger partial charge is 0.466 e. The second kappa shape index (κ2) is 5.45. The lowest BCUT2D eigenvalue weighted by Crippen LogP contribution is -2.59. The summed E-state index contributed by atoms with van der Waals surface area (Å²) in [7, 11) is 0. The van der Waals surface area contributed by atoms with Gasteiger partial charge in [0, 0.05) is 10.8 Å². The van der Waals surface area contributed by atoms with Gasteiger partial charge in [0.05, 0.1) is 12.0 Å². The Morgan fingerprint density at radius 3 is 2.50 bits per heavy atom. The van der Waals surface area contributed by atoms with Crippen molar-refractivity contribution in [2.24, 2.45) is 33.5 Å². The Morgan fingerprint density at radius 2 is 1.81 bits per heavy atom. The Morgan fingerprint density at radius 1 is 1.12 bits per heavy atom. The molecule has 1 spiro atoms. The van der Waals surface area contributed by atoms with Crippen molar-refractivity contribution in [2.75, 3.05) is 6.61 Å². The van der Waals surface area contributed by atoms with Gasteiger partial charge in [-0.3, -0.25) is 9.59 Å². The van der Waals surface area contributed by atoms with Crippen molar-refractivity contribution in [2.45, 2.75) is 79.1 Å². The summed E-state index contributed by atoms with van der Waals surface area (Å²) in [5, 5.41) is 0. The van der Waals surface area contributed by atoms with Gasteiger partial charge < -0.3 is 4.74 Å². The van der Waals surface area contributed by atoms with E-state index in [-0.39, 0.29) is 27.6 Å². The van der Waals surface area contributed by atoms with Gasteiger partial charge in [0.15, 0.2) is 5.78 Å². The number of ether oxygens (including phenoxy) is 1. The third kappa shape index (κ3) is 2.01. The molecule has 0 saturated heterocycles. The molecule has 3 nitrogen and oxygen atoms in total. The molecule has 0 radical (unpaired) electrons. The van der Waals surface area contributed by atoms with Crippen molar-refractivity contribution in [1.29, 1.82) is 0 Å². The Balaban J connectivity index is 1.75. The molecule has 4 aliphatic rings. The fourth-order valence-electron chi connectivity index (χ4n) is 8.04. The molecule has 4 rings (SSSR count). The lowest BCUT2D eigenvalue weighted by atomic mass is 9.40. The van der Waals surface area contributed by atoms with Crippen molar-refractivity contribution >= 4 is 11.8 Å². The molecule has 0 amide bonds. The van der Waals surface area contributed by atoms with Crippen LogP contribution in [0.15, 0.2) is 12.2 Å². The molecule has 0 unspecified atom stereocenters. The van der Waals surface area contributed by atoms with Crippen LogP contribution in [-0.4, -0.2) is 18.4 Å². The highest BCUT2D eigenvalue weighted by molar-refractivity contribution is 6.03. The van der Waals surface area contributed by atoms with Crippen LogP contribution < -0.4 is 0 Å². The Labute approximate surface area is 157 Å². The quantitative estimate of drug-likeness (QED) is 0.510. The number of hydrogen-bond donors (Lipinski definition) is 0. The number of ketones is 1. The second-order valence-corrected chi connectivity index (χ2v) is 10.4. The summed E-state index contributed by atoms with van der Waals surface area (Å²) in [4.78, 5) is 25.9. The van der Waals surface area contributed by atoms with E-state index in [0.717, 1.165) is 56.9 Å². The Kier molecular flexibility index (Phi) is 3.83. The summed E-state index contributed by atoms with van der Waals surface area (Å²) < 4.78 is 5.52. The van der Waals surface area contributed by atoms with E-state index >= 15 is 0 Å². The zero-order valence-corrected chi connectivity index (χ0v) is 17.0. The van der Waals surface area contributed by atoms with E-state index in [9.17, 15) is 9.59 Å². The maximum atomic E-state index is 13.0. The predicted molar refractivity (Wildman–Crippen MR) is 101 cm³/mol. The second-order valence-electron chi connectivity index (χ2n) is 10.4. The molecule has 6 atom stereocenters. The summed E-state index contributed by atoms with van der Waals surface area (Å²) in [6.07, 6.45) is 8.29. The topological polar surface area (TPSA) is 43.4 Å². The Hall–Kier alpha value is -1.12. The molecular formula is C23H34O3. The van der Waals surface area contributed by atoms with Crippen LogP contribution >= 0.6 is 0 Å². The van der Waals surface area contributed by atoms with Crippen LogP contribution in [-0.2, 0) is 14.3 Å². The maximum absolute atomic E-state index is 13.0. The van der Waals surface area contributed by atoms with E-state index in [0.29, 0.717) is 24.2 Å². The first-order chi connectivity index (χ1) is 12.1. The van der Waals surface area contributed by atoms with Crippen LogP contribution in [0.1, 0.15) is 79.1 Å². The minimum absolute atomic E-state index is 0.00570. The van der Waals surface area contributed by atoms with E-state index in [1.165, 1.54) is 0 Å². The van der Waals surface area contributed by atoms with Gasteiger partial charge in [-0.05, 0) is 81.6 Å². The van der Waals surface area contributed by atoms with Crippen LogP contribution in [0.25, 0.3) is 0 Å². The molecule has 0 aromatic heterocycles. The van der Waals surface area contributed by atoms with E-state index in [1.54, 1.807) is 0 Å². The molecule has 4 fully saturated rings. The Bertz CT molecular complexity index is 681. The summed E-state index contributed by atoms with van der Waals surface area (Å²) in [6, 6.07) is 0.